The molecule has 2 N–H and O–H groups in total. The van der Waals surface area contributed by atoms with E-state index in [1.165, 1.54) is 0 Å². The van der Waals surface area contributed by atoms with Crippen LogP contribution < -0.4 is 16.3 Å². The Morgan fingerprint density at radius 2 is 2.06 bits per heavy atom. The van der Waals surface area contributed by atoms with Crippen molar-refractivity contribution in [2.75, 3.05) is 6.54 Å². The van der Waals surface area contributed by atoms with Crippen LogP contribution in [0.25, 0.3) is 5.69 Å². The molecule has 1 aromatic heterocycles. The number of benzene rings is 1. The molecule has 0 radical (unpaired) electrons. The number of aromatic nitrogens is 2. The predicted octanol–water partition coefficient (Wildman–Crippen LogP) is 0.771. The molecule has 1 aliphatic heterocycles. The molecule has 92 valence electrons. The molecule has 1 aliphatic rings. The summed E-state index contributed by atoms with van der Waals surface area (Å²) < 4.78 is 1.73. The summed E-state index contributed by atoms with van der Waals surface area (Å²) in [5, 5.41) is 4.43. The van der Waals surface area contributed by atoms with E-state index < -0.39 is 0 Å². The average Bonchev–Trinajstić information content (AvgIpc) is 2.94. The Labute approximate surface area is 104 Å². The van der Waals surface area contributed by atoms with Gasteiger partial charge in [0.1, 0.15) is 5.69 Å². The second-order valence-corrected chi connectivity index (χ2v) is 4.26. The molecule has 5 nitrogen and oxygen atoms in total. The van der Waals surface area contributed by atoms with E-state index in [9.17, 15) is 4.79 Å². The number of hydrazine groups is 1. The van der Waals surface area contributed by atoms with Gasteiger partial charge in [0, 0.05) is 18.8 Å². The first-order chi connectivity index (χ1) is 8.84. The summed E-state index contributed by atoms with van der Waals surface area (Å²) in [5.74, 6) is 0. The fraction of sp³-hybridized carbons (Fsp3) is 0.231. The zero-order chi connectivity index (χ0) is 12.4. The Bertz CT molecular complexity index is 587. The van der Waals surface area contributed by atoms with Crippen molar-refractivity contribution in [3.05, 3.63) is 58.5 Å². The van der Waals surface area contributed by atoms with Crippen LogP contribution in [0.5, 0.6) is 0 Å². The van der Waals surface area contributed by atoms with E-state index in [1.54, 1.807) is 16.9 Å². The molecule has 3 rings (SSSR count). The summed E-state index contributed by atoms with van der Waals surface area (Å²) in [6, 6.07) is 11.3. The summed E-state index contributed by atoms with van der Waals surface area (Å²) >= 11 is 0. The quantitative estimate of drug-likeness (QED) is 0.816. The third-order valence-corrected chi connectivity index (χ3v) is 3.02. The molecule has 18 heavy (non-hydrogen) atoms. The van der Waals surface area contributed by atoms with Crippen LogP contribution in [-0.2, 0) is 0 Å². The number of hydrogen-bond acceptors (Lipinski definition) is 4. The largest absolute Gasteiger partial charge is 0.288 e. The lowest BCUT2D eigenvalue weighted by atomic mass is 10.1. The minimum atomic E-state index is -0.0246. The van der Waals surface area contributed by atoms with Gasteiger partial charge >= 0.3 is 0 Å². The van der Waals surface area contributed by atoms with Crippen molar-refractivity contribution in [3.8, 4) is 5.69 Å². The molecular formula is C13H14N4O. The molecule has 0 bridgehead atoms. The average molecular weight is 242 g/mol. The zero-order valence-corrected chi connectivity index (χ0v) is 9.84. The highest BCUT2D eigenvalue weighted by Gasteiger charge is 2.20. The fourth-order valence-electron chi connectivity index (χ4n) is 2.08. The summed E-state index contributed by atoms with van der Waals surface area (Å²) in [6.07, 6.45) is 2.57. The first kappa shape index (κ1) is 11.1. The maximum absolute atomic E-state index is 11.8. The van der Waals surface area contributed by atoms with Crippen LogP contribution in [0.4, 0.5) is 0 Å². The summed E-state index contributed by atoms with van der Waals surface area (Å²) in [4.78, 5) is 11.8. The minimum Gasteiger partial charge on any atom is -0.288 e. The molecule has 0 aliphatic carbocycles. The monoisotopic (exact) mass is 242 g/mol. The lowest BCUT2D eigenvalue weighted by Crippen LogP contribution is -2.29. The van der Waals surface area contributed by atoms with Crippen LogP contribution in [0.2, 0.25) is 0 Å². The third-order valence-electron chi connectivity index (χ3n) is 3.02. The molecule has 1 fully saturated rings. The summed E-state index contributed by atoms with van der Waals surface area (Å²) in [5.41, 5.74) is 7.57. The maximum Gasteiger partial charge on any atom is 0.205 e. The highest BCUT2D eigenvalue weighted by atomic mass is 16.1. The van der Waals surface area contributed by atoms with Crippen LogP contribution in [0.1, 0.15) is 18.2 Å². The standard InChI is InChI=1S/C13H14N4O/c18-12-7-9-17(10-4-2-1-3-5-10)16-13(12)11-6-8-14-15-11/h1-5,7,9,11,14-15H,6,8H2. The van der Waals surface area contributed by atoms with Crippen LogP contribution in [0.15, 0.2) is 47.4 Å². The molecule has 2 aromatic rings. The van der Waals surface area contributed by atoms with Crippen LogP contribution in [0.3, 0.4) is 0 Å². The van der Waals surface area contributed by atoms with Crippen molar-refractivity contribution >= 4 is 0 Å². The summed E-state index contributed by atoms with van der Waals surface area (Å²) in [6.45, 7) is 0.853. The van der Waals surface area contributed by atoms with Gasteiger partial charge in [-0.15, -0.1) is 0 Å². The van der Waals surface area contributed by atoms with Gasteiger partial charge in [-0.25, -0.2) is 10.1 Å². The van der Waals surface area contributed by atoms with E-state index in [0.717, 1.165) is 18.7 Å². The normalized spacial score (nSPS) is 19.0. The highest BCUT2D eigenvalue weighted by Crippen LogP contribution is 2.13. The van der Waals surface area contributed by atoms with Gasteiger partial charge in [-0.05, 0) is 18.6 Å². The van der Waals surface area contributed by atoms with Gasteiger partial charge in [0.2, 0.25) is 5.43 Å². The van der Waals surface area contributed by atoms with Gasteiger partial charge in [-0.1, -0.05) is 18.2 Å². The maximum atomic E-state index is 11.8. The predicted molar refractivity (Wildman–Crippen MR) is 68.3 cm³/mol. The zero-order valence-electron chi connectivity index (χ0n) is 9.84. The van der Waals surface area contributed by atoms with Gasteiger partial charge in [-0.2, -0.15) is 5.10 Å². The van der Waals surface area contributed by atoms with Crippen molar-refractivity contribution in [1.29, 1.82) is 0 Å². The van der Waals surface area contributed by atoms with Crippen molar-refractivity contribution < 1.29 is 0 Å². The van der Waals surface area contributed by atoms with Crippen molar-refractivity contribution in [2.45, 2.75) is 12.5 Å². The fourth-order valence-corrected chi connectivity index (χ4v) is 2.08. The van der Waals surface area contributed by atoms with E-state index in [-0.39, 0.29) is 11.5 Å². The molecule has 0 spiro atoms. The molecule has 1 atom stereocenters. The Morgan fingerprint density at radius 1 is 1.22 bits per heavy atom. The molecule has 1 saturated heterocycles. The third kappa shape index (κ3) is 2.05. The molecule has 0 saturated carbocycles. The Balaban J connectivity index is 2.03. The van der Waals surface area contributed by atoms with Crippen LogP contribution in [0, 0.1) is 0 Å². The van der Waals surface area contributed by atoms with Crippen molar-refractivity contribution in [1.82, 2.24) is 20.6 Å². The molecule has 1 aromatic carbocycles. The van der Waals surface area contributed by atoms with E-state index >= 15 is 0 Å². The van der Waals surface area contributed by atoms with Gasteiger partial charge in [0.25, 0.3) is 0 Å². The first-order valence-corrected chi connectivity index (χ1v) is 5.98. The van der Waals surface area contributed by atoms with Crippen molar-refractivity contribution in [3.63, 3.8) is 0 Å². The Morgan fingerprint density at radius 3 is 2.78 bits per heavy atom. The number of nitrogens with zero attached hydrogens (tertiary/aromatic N) is 2. The number of rotatable bonds is 2. The van der Waals surface area contributed by atoms with Crippen LogP contribution in [-0.4, -0.2) is 16.3 Å². The number of para-hydroxylation sites is 1. The molecule has 5 heteroatoms. The van der Waals surface area contributed by atoms with E-state index in [4.69, 9.17) is 0 Å². The van der Waals surface area contributed by atoms with Crippen LogP contribution >= 0.6 is 0 Å². The molecule has 0 amide bonds. The molecular weight excluding hydrogens is 228 g/mol. The molecule has 1 unspecified atom stereocenters. The Kier molecular flexibility index (Phi) is 2.92. The van der Waals surface area contributed by atoms with E-state index in [0.29, 0.717) is 5.69 Å². The van der Waals surface area contributed by atoms with Gasteiger partial charge in [0.15, 0.2) is 0 Å². The summed E-state index contributed by atoms with van der Waals surface area (Å²) in [7, 11) is 0. The smallest absolute Gasteiger partial charge is 0.205 e. The van der Waals surface area contributed by atoms with Gasteiger partial charge in [0.05, 0.1) is 11.7 Å². The molecule has 2 heterocycles. The first-order valence-electron chi connectivity index (χ1n) is 5.98. The van der Waals surface area contributed by atoms with E-state index in [1.807, 2.05) is 30.3 Å². The SMILES string of the molecule is O=c1ccn(-c2ccccc2)nc1C1CCNN1. The van der Waals surface area contributed by atoms with Crippen molar-refractivity contribution in [2.24, 2.45) is 0 Å². The second-order valence-electron chi connectivity index (χ2n) is 4.26. The second kappa shape index (κ2) is 4.72. The lowest BCUT2D eigenvalue weighted by Gasteiger charge is -2.11. The number of hydrogen-bond donors (Lipinski definition) is 2. The topological polar surface area (TPSA) is 59.0 Å². The van der Waals surface area contributed by atoms with Gasteiger partial charge in [-0.3, -0.25) is 10.2 Å². The highest BCUT2D eigenvalue weighted by molar-refractivity contribution is 5.30. The Hall–Kier alpha value is -1.98. The number of nitrogens with one attached hydrogen (secondary N) is 2. The lowest BCUT2D eigenvalue weighted by molar-refractivity contribution is 0.551. The van der Waals surface area contributed by atoms with E-state index in [2.05, 4.69) is 16.0 Å². The minimum absolute atomic E-state index is 0.00587. The van der Waals surface area contributed by atoms with Gasteiger partial charge < -0.3 is 0 Å².